The highest BCUT2D eigenvalue weighted by Crippen LogP contribution is 2.25. The minimum absolute atomic E-state index is 0.199. The maximum absolute atomic E-state index is 14.2. The van der Waals surface area contributed by atoms with Crippen LogP contribution in [0.3, 0.4) is 0 Å². The Morgan fingerprint density at radius 2 is 2.15 bits per heavy atom. The normalized spacial score (nSPS) is 18.1. The number of piperidine rings is 1. The summed E-state index contributed by atoms with van der Waals surface area (Å²) >= 11 is 0. The van der Waals surface area contributed by atoms with Crippen LogP contribution in [0.4, 0.5) is 10.2 Å². The molecule has 142 valence electrons. The third-order valence-corrected chi connectivity index (χ3v) is 5.10. The van der Waals surface area contributed by atoms with Crippen molar-refractivity contribution < 1.29 is 9.50 Å². The largest absolute Gasteiger partial charge is 0.395 e. The van der Waals surface area contributed by atoms with Gasteiger partial charge in [-0.3, -0.25) is 0 Å². The van der Waals surface area contributed by atoms with Crippen molar-refractivity contribution in [1.82, 2.24) is 19.5 Å². The molecule has 0 saturated carbocycles. The van der Waals surface area contributed by atoms with E-state index < -0.39 is 0 Å². The summed E-state index contributed by atoms with van der Waals surface area (Å²) in [6, 6.07) is 10.3. The first-order valence-corrected chi connectivity index (χ1v) is 9.41. The first kappa shape index (κ1) is 17.9. The zero-order chi connectivity index (χ0) is 18.6. The highest BCUT2D eigenvalue weighted by atomic mass is 19.1. The van der Waals surface area contributed by atoms with Gasteiger partial charge in [0.05, 0.1) is 18.5 Å². The van der Waals surface area contributed by atoms with Crippen LogP contribution in [-0.4, -0.2) is 57.4 Å². The van der Waals surface area contributed by atoms with Crippen LogP contribution >= 0.6 is 0 Å². The number of hydrogen-bond donors (Lipinski definition) is 2. The second-order valence-electron chi connectivity index (χ2n) is 7.02. The second-order valence-corrected chi connectivity index (χ2v) is 7.02. The Morgan fingerprint density at radius 3 is 3.00 bits per heavy atom. The molecule has 7 heteroatoms. The molecule has 1 atom stereocenters. The molecule has 3 heterocycles. The monoisotopic (exact) mass is 369 g/mol. The number of halogens is 1. The average molecular weight is 369 g/mol. The van der Waals surface area contributed by atoms with Gasteiger partial charge in [0, 0.05) is 37.3 Å². The van der Waals surface area contributed by atoms with Gasteiger partial charge in [0.2, 0.25) is 0 Å². The summed E-state index contributed by atoms with van der Waals surface area (Å²) in [6.45, 7) is 3.75. The summed E-state index contributed by atoms with van der Waals surface area (Å²) in [5.41, 5.74) is 1.76. The molecule has 27 heavy (non-hydrogen) atoms. The SMILES string of the molecule is OCCN1CCC[C@@H](CNc2cc(-c3ccccc3F)nc3ccnn23)C1. The van der Waals surface area contributed by atoms with Gasteiger partial charge in [-0.15, -0.1) is 0 Å². The third-order valence-electron chi connectivity index (χ3n) is 5.10. The van der Waals surface area contributed by atoms with Crippen LogP contribution < -0.4 is 5.32 Å². The summed E-state index contributed by atoms with van der Waals surface area (Å²) in [6.07, 6.45) is 3.99. The summed E-state index contributed by atoms with van der Waals surface area (Å²) in [5, 5.41) is 17.0. The first-order chi connectivity index (χ1) is 13.2. The Kier molecular flexibility index (Phi) is 5.31. The topological polar surface area (TPSA) is 65.7 Å². The smallest absolute Gasteiger partial charge is 0.157 e. The Balaban J connectivity index is 1.56. The molecule has 2 N–H and O–H groups in total. The quantitative estimate of drug-likeness (QED) is 0.699. The number of nitrogens with zero attached hydrogens (tertiary/aromatic N) is 4. The molecular formula is C20H24FN5O. The Morgan fingerprint density at radius 1 is 1.26 bits per heavy atom. The van der Waals surface area contributed by atoms with Crippen molar-refractivity contribution in [2.24, 2.45) is 5.92 Å². The lowest BCUT2D eigenvalue weighted by atomic mass is 9.98. The highest BCUT2D eigenvalue weighted by Gasteiger charge is 2.20. The van der Waals surface area contributed by atoms with E-state index in [1.165, 1.54) is 6.07 Å². The number of benzene rings is 1. The fourth-order valence-electron chi connectivity index (χ4n) is 3.76. The number of aliphatic hydroxyl groups is 1. The van der Waals surface area contributed by atoms with Crippen LogP contribution in [0.25, 0.3) is 16.9 Å². The van der Waals surface area contributed by atoms with Crippen LogP contribution in [0.15, 0.2) is 42.6 Å². The lowest BCUT2D eigenvalue weighted by Gasteiger charge is -2.32. The number of fused-ring (bicyclic) bond motifs is 1. The van der Waals surface area contributed by atoms with Gasteiger partial charge in [0.1, 0.15) is 11.6 Å². The average Bonchev–Trinajstić information content (AvgIpc) is 3.16. The van der Waals surface area contributed by atoms with Crippen molar-refractivity contribution >= 4 is 11.5 Å². The molecule has 0 amide bonds. The van der Waals surface area contributed by atoms with E-state index in [-0.39, 0.29) is 12.4 Å². The summed E-state index contributed by atoms with van der Waals surface area (Å²) in [7, 11) is 0. The Labute approximate surface area is 157 Å². The van der Waals surface area contributed by atoms with E-state index in [4.69, 9.17) is 5.11 Å². The van der Waals surface area contributed by atoms with Gasteiger partial charge in [-0.1, -0.05) is 12.1 Å². The molecule has 4 rings (SSSR count). The number of aromatic nitrogens is 3. The number of anilines is 1. The van der Waals surface area contributed by atoms with E-state index in [1.807, 2.05) is 18.2 Å². The first-order valence-electron chi connectivity index (χ1n) is 9.41. The second kappa shape index (κ2) is 8.02. The number of β-amino-alcohol motifs (C(OH)–C–C–N with tert-alkyl or cyclic N) is 1. The zero-order valence-corrected chi connectivity index (χ0v) is 15.2. The number of likely N-dealkylation sites (tertiary alicyclic amines) is 1. The molecule has 0 aliphatic carbocycles. The van der Waals surface area contributed by atoms with Gasteiger partial charge < -0.3 is 15.3 Å². The molecule has 0 bridgehead atoms. The fraction of sp³-hybridized carbons (Fsp3) is 0.400. The minimum Gasteiger partial charge on any atom is -0.395 e. The van der Waals surface area contributed by atoms with Crippen LogP contribution in [0.5, 0.6) is 0 Å². The predicted octanol–water partition coefficient (Wildman–Crippen LogP) is 2.65. The lowest BCUT2D eigenvalue weighted by molar-refractivity contribution is 0.144. The predicted molar refractivity (Wildman–Crippen MR) is 103 cm³/mol. The molecule has 1 fully saturated rings. The van der Waals surface area contributed by atoms with Crippen molar-refractivity contribution in [3.63, 3.8) is 0 Å². The maximum Gasteiger partial charge on any atom is 0.157 e. The molecular weight excluding hydrogens is 345 g/mol. The van der Waals surface area contributed by atoms with Crippen molar-refractivity contribution in [3.8, 4) is 11.3 Å². The van der Waals surface area contributed by atoms with Crippen molar-refractivity contribution in [3.05, 3.63) is 48.4 Å². The maximum atomic E-state index is 14.2. The molecule has 1 aliphatic heterocycles. The third kappa shape index (κ3) is 3.94. The van der Waals surface area contributed by atoms with Gasteiger partial charge in [-0.25, -0.2) is 9.37 Å². The summed E-state index contributed by atoms with van der Waals surface area (Å²) < 4.78 is 16.0. The van der Waals surface area contributed by atoms with Gasteiger partial charge >= 0.3 is 0 Å². The molecule has 3 aromatic rings. The summed E-state index contributed by atoms with van der Waals surface area (Å²) in [4.78, 5) is 6.84. The van der Waals surface area contributed by atoms with E-state index in [1.54, 1.807) is 22.8 Å². The molecule has 0 radical (unpaired) electrons. The van der Waals surface area contributed by atoms with Gasteiger partial charge in [0.25, 0.3) is 0 Å². The van der Waals surface area contributed by atoms with Crippen LogP contribution in [0.1, 0.15) is 12.8 Å². The van der Waals surface area contributed by atoms with E-state index in [0.717, 1.165) is 44.8 Å². The van der Waals surface area contributed by atoms with E-state index in [2.05, 4.69) is 20.3 Å². The van der Waals surface area contributed by atoms with Gasteiger partial charge in [0.15, 0.2) is 5.65 Å². The fourth-order valence-corrected chi connectivity index (χ4v) is 3.76. The number of rotatable bonds is 6. The standard InChI is InChI=1S/C20H24FN5O/c21-17-6-2-1-5-16(17)18-12-20(26-19(24-18)7-8-23-26)22-13-15-4-3-9-25(14-15)10-11-27/h1-2,5-8,12,15,22,27H,3-4,9-11,13-14H2/t15-/m0/s1. The van der Waals surface area contributed by atoms with Crippen LogP contribution in [0.2, 0.25) is 0 Å². The molecule has 1 saturated heterocycles. The molecule has 6 nitrogen and oxygen atoms in total. The number of hydrogen-bond acceptors (Lipinski definition) is 5. The molecule has 0 spiro atoms. The van der Waals surface area contributed by atoms with Crippen LogP contribution in [-0.2, 0) is 0 Å². The van der Waals surface area contributed by atoms with Gasteiger partial charge in [-0.2, -0.15) is 9.61 Å². The van der Waals surface area contributed by atoms with Gasteiger partial charge in [-0.05, 0) is 37.4 Å². The highest BCUT2D eigenvalue weighted by molar-refractivity contribution is 5.66. The Hall–Kier alpha value is -2.51. The lowest BCUT2D eigenvalue weighted by Crippen LogP contribution is -2.39. The van der Waals surface area contributed by atoms with E-state index in [0.29, 0.717) is 22.8 Å². The summed E-state index contributed by atoms with van der Waals surface area (Å²) in [5.74, 6) is 1.02. The zero-order valence-electron chi connectivity index (χ0n) is 15.2. The number of aliphatic hydroxyl groups excluding tert-OH is 1. The van der Waals surface area contributed by atoms with Crippen molar-refractivity contribution in [2.45, 2.75) is 12.8 Å². The molecule has 1 aliphatic rings. The van der Waals surface area contributed by atoms with E-state index in [9.17, 15) is 4.39 Å². The van der Waals surface area contributed by atoms with Crippen molar-refractivity contribution in [1.29, 1.82) is 0 Å². The van der Waals surface area contributed by atoms with Crippen molar-refractivity contribution in [2.75, 3.05) is 38.1 Å². The van der Waals surface area contributed by atoms with Crippen LogP contribution in [0, 0.1) is 11.7 Å². The Bertz CT molecular complexity index is 910. The molecule has 2 aromatic heterocycles. The molecule has 1 aromatic carbocycles. The van der Waals surface area contributed by atoms with E-state index >= 15 is 0 Å². The molecule has 0 unspecified atom stereocenters. The minimum atomic E-state index is -0.285. The number of nitrogens with one attached hydrogen (secondary N) is 1.